The number of hydrogen-bond acceptors (Lipinski definition) is 6. The van der Waals surface area contributed by atoms with Crippen molar-refractivity contribution in [2.24, 2.45) is 0 Å². The van der Waals surface area contributed by atoms with E-state index in [9.17, 15) is 9.59 Å². The molecular weight excluding hydrogens is 418 g/mol. The number of esters is 1. The van der Waals surface area contributed by atoms with Crippen LogP contribution in [0.2, 0.25) is 5.02 Å². The second-order valence-electron chi connectivity index (χ2n) is 5.97. The van der Waals surface area contributed by atoms with E-state index < -0.39 is 5.97 Å². The van der Waals surface area contributed by atoms with E-state index in [-0.39, 0.29) is 18.9 Å². The van der Waals surface area contributed by atoms with Gasteiger partial charge in [-0.15, -0.1) is 23.5 Å². The molecule has 0 aromatic heterocycles. The van der Waals surface area contributed by atoms with E-state index in [1.165, 1.54) is 0 Å². The van der Waals surface area contributed by atoms with E-state index in [2.05, 4.69) is 5.32 Å². The molecule has 1 fully saturated rings. The minimum atomic E-state index is -0.438. The Balaban J connectivity index is 1.51. The Morgan fingerprint density at radius 2 is 1.82 bits per heavy atom. The first-order valence-electron chi connectivity index (χ1n) is 8.72. The first-order chi connectivity index (χ1) is 13.6. The Hall–Kier alpha value is -1.83. The standard InChI is InChI=1S/C20H20ClNO4S2/c1-25-17-12-14(20-27-10-11-28-20)4-7-16(17)26-18(23)8-9-22-19(24)13-2-5-15(21)6-3-13/h2-7,12,20H,8-11H2,1H3,(H,22,24). The fourth-order valence-electron chi connectivity index (χ4n) is 2.62. The Kier molecular flexibility index (Phi) is 7.53. The zero-order valence-corrected chi connectivity index (χ0v) is 17.7. The first kappa shape index (κ1) is 20.9. The van der Waals surface area contributed by atoms with Crippen molar-refractivity contribution < 1.29 is 19.1 Å². The van der Waals surface area contributed by atoms with E-state index in [0.29, 0.717) is 26.7 Å². The highest BCUT2D eigenvalue weighted by atomic mass is 35.5. The second-order valence-corrected chi connectivity index (χ2v) is 9.13. The summed E-state index contributed by atoms with van der Waals surface area (Å²) in [5, 5.41) is 3.25. The third kappa shape index (κ3) is 5.59. The molecule has 28 heavy (non-hydrogen) atoms. The summed E-state index contributed by atoms with van der Waals surface area (Å²) in [6.45, 7) is 0.177. The predicted molar refractivity (Wildman–Crippen MR) is 115 cm³/mol. The fraction of sp³-hybridized carbons (Fsp3) is 0.300. The van der Waals surface area contributed by atoms with E-state index in [1.807, 2.05) is 35.7 Å². The number of ether oxygens (including phenoxy) is 2. The van der Waals surface area contributed by atoms with Gasteiger partial charge in [-0.25, -0.2) is 0 Å². The molecule has 0 spiro atoms. The maximum atomic E-state index is 12.1. The van der Waals surface area contributed by atoms with Gasteiger partial charge in [0.15, 0.2) is 11.5 Å². The summed E-state index contributed by atoms with van der Waals surface area (Å²) in [5.74, 6) is 2.48. The zero-order valence-electron chi connectivity index (χ0n) is 15.3. The molecule has 1 N–H and O–H groups in total. The number of nitrogens with one attached hydrogen (secondary N) is 1. The molecule has 1 saturated heterocycles. The van der Waals surface area contributed by atoms with E-state index in [4.69, 9.17) is 21.1 Å². The van der Waals surface area contributed by atoms with Crippen molar-refractivity contribution in [3.63, 3.8) is 0 Å². The maximum absolute atomic E-state index is 12.1. The Bertz CT molecular complexity index is 839. The summed E-state index contributed by atoms with van der Waals surface area (Å²) in [7, 11) is 1.55. The molecule has 0 saturated carbocycles. The van der Waals surface area contributed by atoms with E-state index in [1.54, 1.807) is 37.4 Å². The molecule has 0 unspecified atom stereocenters. The highest BCUT2D eigenvalue weighted by molar-refractivity contribution is 8.19. The van der Waals surface area contributed by atoms with Gasteiger partial charge in [0.2, 0.25) is 0 Å². The smallest absolute Gasteiger partial charge is 0.313 e. The lowest BCUT2D eigenvalue weighted by atomic mass is 10.2. The maximum Gasteiger partial charge on any atom is 0.313 e. The van der Waals surface area contributed by atoms with Crippen molar-refractivity contribution in [1.29, 1.82) is 0 Å². The molecular formula is C20H20ClNO4S2. The quantitative estimate of drug-likeness (QED) is 0.506. The molecule has 1 heterocycles. The van der Waals surface area contributed by atoms with Gasteiger partial charge in [0, 0.05) is 28.6 Å². The monoisotopic (exact) mass is 437 g/mol. The third-order valence-corrected chi connectivity index (χ3v) is 7.38. The average molecular weight is 438 g/mol. The molecule has 0 aliphatic carbocycles. The number of amides is 1. The fourth-order valence-corrected chi connectivity index (χ4v) is 5.59. The van der Waals surface area contributed by atoms with Gasteiger partial charge in [-0.2, -0.15) is 0 Å². The zero-order chi connectivity index (χ0) is 19.9. The molecule has 1 aliphatic heterocycles. The minimum Gasteiger partial charge on any atom is -0.493 e. The summed E-state index contributed by atoms with van der Waals surface area (Å²) in [6, 6.07) is 12.2. The Morgan fingerprint density at radius 1 is 1.11 bits per heavy atom. The van der Waals surface area contributed by atoms with Gasteiger partial charge < -0.3 is 14.8 Å². The highest BCUT2D eigenvalue weighted by Gasteiger charge is 2.20. The number of hydrogen-bond donors (Lipinski definition) is 1. The normalized spacial score (nSPS) is 13.9. The number of benzene rings is 2. The van der Waals surface area contributed by atoms with Crippen molar-refractivity contribution >= 4 is 47.0 Å². The highest BCUT2D eigenvalue weighted by Crippen LogP contribution is 2.46. The van der Waals surface area contributed by atoms with Crippen LogP contribution in [0.25, 0.3) is 0 Å². The van der Waals surface area contributed by atoms with Gasteiger partial charge in [0.25, 0.3) is 5.91 Å². The molecule has 2 aromatic rings. The topological polar surface area (TPSA) is 64.6 Å². The van der Waals surface area contributed by atoms with Gasteiger partial charge in [-0.05, 0) is 42.0 Å². The second kappa shape index (κ2) is 10.1. The molecule has 8 heteroatoms. The van der Waals surface area contributed by atoms with Crippen LogP contribution in [0.15, 0.2) is 42.5 Å². The minimum absolute atomic E-state index is 0.0541. The number of rotatable bonds is 7. The van der Waals surface area contributed by atoms with Crippen LogP contribution < -0.4 is 14.8 Å². The first-order valence-corrected chi connectivity index (χ1v) is 11.2. The van der Waals surface area contributed by atoms with Gasteiger partial charge in [0.05, 0.1) is 18.1 Å². The molecule has 3 rings (SSSR count). The largest absolute Gasteiger partial charge is 0.493 e. The van der Waals surface area contributed by atoms with Crippen molar-refractivity contribution in [3.8, 4) is 11.5 Å². The molecule has 5 nitrogen and oxygen atoms in total. The lowest BCUT2D eigenvalue weighted by Crippen LogP contribution is -2.27. The van der Waals surface area contributed by atoms with Gasteiger partial charge >= 0.3 is 5.97 Å². The SMILES string of the molecule is COc1cc(C2SCCS2)ccc1OC(=O)CCNC(=O)c1ccc(Cl)cc1. The van der Waals surface area contributed by atoms with Crippen LogP contribution >= 0.6 is 35.1 Å². The summed E-state index contributed by atoms with van der Waals surface area (Å²) in [5.41, 5.74) is 1.64. The molecule has 0 bridgehead atoms. The molecule has 2 aromatic carbocycles. The average Bonchev–Trinajstić information content (AvgIpc) is 3.23. The van der Waals surface area contributed by atoms with Crippen molar-refractivity contribution in [2.75, 3.05) is 25.2 Å². The van der Waals surface area contributed by atoms with Crippen molar-refractivity contribution in [3.05, 3.63) is 58.6 Å². The van der Waals surface area contributed by atoms with Crippen molar-refractivity contribution in [2.45, 2.75) is 11.0 Å². The lowest BCUT2D eigenvalue weighted by molar-refractivity contribution is -0.134. The van der Waals surface area contributed by atoms with Crippen molar-refractivity contribution in [1.82, 2.24) is 5.32 Å². The molecule has 1 amide bonds. The number of thioether (sulfide) groups is 2. The van der Waals surface area contributed by atoms with Gasteiger partial charge in [-0.1, -0.05) is 17.7 Å². The summed E-state index contributed by atoms with van der Waals surface area (Å²) < 4.78 is 11.2. The van der Waals surface area contributed by atoms with Gasteiger partial charge in [-0.3, -0.25) is 9.59 Å². The number of halogens is 1. The van der Waals surface area contributed by atoms with E-state index >= 15 is 0 Å². The van der Waals surface area contributed by atoms with Gasteiger partial charge in [0.1, 0.15) is 0 Å². The van der Waals surface area contributed by atoms with Crippen LogP contribution in [0.3, 0.4) is 0 Å². The predicted octanol–water partition coefficient (Wildman–Crippen LogP) is 4.55. The van der Waals surface area contributed by atoms with E-state index in [0.717, 1.165) is 17.1 Å². The number of methoxy groups -OCH3 is 1. The summed E-state index contributed by atoms with van der Waals surface area (Å²) in [4.78, 5) is 24.2. The van der Waals surface area contributed by atoms with Crippen LogP contribution in [-0.2, 0) is 4.79 Å². The molecule has 148 valence electrons. The van der Waals surface area contributed by atoms with Crippen LogP contribution in [0.4, 0.5) is 0 Å². The third-order valence-electron chi connectivity index (χ3n) is 4.03. The Labute approximate surface area is 177 Å². The lowest BCUT2D eigenvalue weighted by Gasteiger charge is -2.13. The number of carbonyl (C=O) groups excluding carboxylic acids is 2. The molecule has 0 atom stereocenters. The van der Waals surface area contributed by atoms with Crippen LogP contribution in [0, 0.1) is 0 Å². The van der Waals surface area contributed by atoms with Crippen LogP contribution in [0.5, 0.6) is 11.5 Å². The number of carbonyl (C=O) groups is 2. The summed E-state index contributed by atoms with van der Waals surface area (Å²) in [6.07, 6.45) is 0.0541. The molecule has 1 aliphatic rings. The molecule has 0 radical (unpaired) electrons. The van der Waals surface area contributed by atoms with Crippen LogP contribution in [0.1, 0.15) is 26.9 Å². The summed E-state index contributed by atoms with van der Waals surface area (Å²) >= 11 is 9.60. The Morgan fingerprint density at radius 3 is 2.50 bits per heavy atom. The van der Waals surface area contributed by atoms with Crippen LogP contribution in [-0.4, -0.2) is 37.0 Å².